The summed E-state index contributed by atoms with van der Waals surface area (Å²) in [7, 11) is -9.94. The Hall–Kier alpha value is -1.62. The minimum absolute atomic E-state index is 0.0182. The molecule has 0 radical (unpaired) electrons. The molecule has 2 N–H and O–H groups in total. The standard InChI is InChI=1S/C28H44O7P2/c1-11-25(3,4)27(7,8)21-13-17-23(18-14-21)33-37(32,35-36(29,30)31)34-24-19-15-22(16-20-24)28(9,10)26(5,6)12-2/h13-20H,11-12H2,1-10H3,(H2,29,30,31). The predicted octanol–water partition coefficient (Wildman–Crippen LogP) is 8.79. The van der Waals surface area contributed by atoms with Gasteiger partial charge in [0, 0.05) is 0 Å². The van der Waals surface area contributed by atoms with Crippen molar-refractivity contribution in [2.24, 2.45) is 10.8 Å². The van der Waals surface area contributed by atoms with Crippen LogP contribution in [0.1, 0.15) is 93.2 Å². The van der Waals surface area contributed by atoms with Crippen LogP contribution in [0.4, 0.5) is 0 Å². The average Bonchev–Trinajstić information content (AvgIpc) is 2.78. The Labute approximate surface area is 222 Å². The molecule has 0 bridgehead atoms. The van der Waals surface area contributed by atoms with Gasteiger partial charge in [0.2, 0.25) is 0 Å². The third-order valence-electron chi connectivity index (χ3n) is 8.94. The first-order chi connectivity index (χ1) is 16.7. The summed E-state index contributed by atoms with van der Waals surface area (Å²) in [6.45, 7) is 21.7. The van der Waals surface area contributed by atoms with Crippen LogP contribution in [0.2, 0.25) is 0 Å². The molecule has 0 aliphatic carbocycles. The normalized spacial score (nSPS) is 13.9. The minimum atomic E-state index is -5.20. The van der Waals surface area contributed by atoms with E-state index in [0.717, 1.165) is 24.0 Å². The van der Waals surface area contributed by atoms with Gasteiger partial charge in [-0.05, 0) is 57.1 Å². The number of benzene rings is 2. The summed E-state index contributed by atoms with van der Waals surface area (Å²) < 4.78 is 40.5. The lowest BCUT2D eigenvalue weighted by atomic mass is 9.63. The topological polar surface area (TPSA) is 102 Å². The second-order valence-electron chi connectivity index (χ2n) is 12.0. The van der Waals surface area contributed by atoms with Crippen LogP contribution < -0.4 is 9.05 Å². The summed E-state index contributed by atoms with van der Waals surface area (Å²) in [4.78, 5) is 18.8. The quantitative estimate of drug-likeness (QED) is 0.253. The Morgan fingerprint density at radius 1 is 0.622 bits per heavy atom. The molecule has 208 valence electrons. The van der Waals surface area contributed by atoms with Crippen molar-refractivity contribution in [2.45, 2.75) is 92.9 Å². The van der Waals surface area contributed by atoms with E-state index in [1.54, 1.807) is 24.3 Å². The lowest BCUT2D eigenvalue weighted by Gasteiger charge is -2.42. The molecule has 2 aromatic rings. The third kappa shape index (κ3) is 7.28. The van der Waals surface area contributed by atoms with Gasteiger partial charge in [0.1, 0.15) is 11.5 Å². The Bertz CT molecular complexity index is 1070. The zero-order valence-corrected chi connectivity index (χ0v) is 25.7. The zero-order valence-electron chi connectivity index (χ0n) is 23.9. The van der Waals surface area contributed by atoms with E-state index in [2.05, 4.69) is 73.5 Å². The van der Waals surface area contributed by atoms with Crippen molar-refractivity contribution in [2.75, 3.05) is 0 Å². The first-order valence-corrected chi connectivity index (χ1v) is 15.7. The number of phosphoric ester groups is 1. The SMILES string of the molecule is CCC(C)(C)C(C)(C)c1ccc(OP(=O)(Oc2ccc(C(C)(C)C(C)(C)CC)cc2)OP(=O)(O)O)cc1. The molecule has 0 unspecified atom stereocenters. The van der Waals surface area contributed by atoms with Gasteiger partial charge >= 0.3 is 15.6 Å². The number of hydrogen-bond acceptors (Lipinski definition) is 5. The van der Waals surface area contributed by atoms with Gasteiger partial charge in [0.15, 0.2) is 0 Å². The highest BCUT2D eigenvalue weighted by Gasteiger charge is 2.41. The molecule has 0 heterocycles. The van der Waals surface area contributed by atoms with E-state index in [9.17, 15) is 18.9 Å². The van der Waals surface area contributed by atoms with Gasteiger partial charge in [-0.25, -0.2) is 9.13 Å². The smallest absolute Gasteiger partial charge is 0.395 e. The van der Waals surface area contributed by atoms with Gasteiger partial charge in [-0.15, -0.1) is 0 Å². The molecule has 0 aliphatic heterocycles. The van der Waals surface area contributed by atoms with Gasteiger partial charge < -0.3 is 18.8 Å². The molecule has 0 amide bonds. The van der Waals surface area contributed by atoms with Crippen molar-refractivity contribution in [1.82, 2.24) is 0 Å². The Kier molecular flexibility index (Phi) is 9.28. The van der Waals surface area contributed by atoms with E-state index in [4.69, 9.17) is 9.05 Å². The molecule has 0 aliphatic rings. The molecule has 0 aromatic heterocycles. The van der Waals surface area contributed by atoms with Crippen molar-refractivity contribution in [3.05, 3.63) is 59.7 Å². The van der Waals surface area contributed by atoms with Crippen molar-refractivity contribution in [3.8, 4) is 11.5 Å². The second-order valence-corrected chi connectivity index (χ2v) is 14.9. The molecule has 2 rings (SSSR count). The average molecular weight is 555 g/mol. The van der Waals surface area contributed by atoms with Gasteiger partial charge in [0.05, 0.1) is 0 Å². The van der Waals surface area contributed by atoms with Crippen LogP contribution in [0.15, 0.2) is 48.5 Å². The Balaban J connectivity index is 2.34. The highest BCUT2D eigenvalue weighted by atomic mass is 31.3. The Morgan fingerprint density at radius 2 is 0.919 bits per heavy atom. The first kappa shape index (κ1) is 31.6. The van der Waals surface area contributed by atoms with E-state index < -0.39 is 15.6 Å². The molecule has 2 aromatic carbocycles. The first-order valence-electron chi connectivity index (χ1n) is 12.7. The molecular weight excluding hydrogens is 510 g/mol. The van der Waals surface area contributed by atoms with Crippen molar-refractivity contribution < 1.29 is 32.3 Å². The van der Waals surface area contributed by atoms with Crippen LogP contribution in [-0.4, -0.2) is 9.79 Å². The lowest BCUT2D eigenvalue weighted by Crippen LogP contribution is -2.35. The van der Waals surface area contributed by atoms with Crippen LogP contribution in [-0.2, 0) is 24.3 Å². The Morgan fingerprint density at radius 3 is 1.16 bits per heavy atom. The van der Waals surface area contributed by atoms with Crippen LogP contribution >= 0.6 is 15.6 Å². The van der Waals surface area contributed by atoms with Gasteiger partial charge in [-0.2, -0.15) is 4.31 Å². The van der Waals surface area contributed by atoms with E-state index in [1.165, 1.54) is 0 Å². The molecule has 0 saturated carbocycles. The summed E-state index contributed by atoms with van der Waals surface area (Å²) in [5.41, 5.74) is 1.81. The van der Waals surface area contributed by atoms with Crippen molar-refractivity contribution in [1.29, 1.82) is 0 Å². The van der Waals surface area contributed by atoms with Crippen molar-refractivity contribution in [3.63, 3.8) is 0 Å². The summed E-state index contributed by atoms with van der Waals surface area (Å²) in [5.74, 6) is 0.209. The van der Waals surface area contributed by atoms with Crippen LogP contribution in [0.3, 0.4) is 0 Å². The number of hydrogen-bond donors (Lipinski definition) is 2. The maximum absolute atomic E-state index is 13.4. The highest BCUT2D eigenvalue weighted by molar-refractivity contribution is 7.61. The molecule has 7 nitrogen and oxygen atoms in total. The van der Waals surface area contributed by atoms with Crippen LogP contribution in [0.5, 0.6) is 11.5 Å². The maximum Gasteiger partial charge on any atom is 0.596 e. The van der Waals surface area contributed by atoms with E-state index >= 15 is 0 Å². The summed E-state index contributed by atoms with van der Waals surface area (Å²) >= 11 is 0. The van der Waals surface area contributed by atoms with Crippen LogP contribution in [0, 0.1) is 10.8 Å². The summed E-state index contributed by atoms with van der Waals surface area (Å²) in [6.07, 6.45) is 1.95. The summed E-state index contributed by atoms with van der Waals surface area (Å²) in [6, 6.07) is 13.8. The predicted molar refractivity (Wildman–Crippen MR) is 149 cm³/mol. The number of rotatable bonds is 12. The maximum atomic E-state index is 13.4. The molecule has 0 spiro atoms. The van der Waals surface area contributed by atoms with Crippen molar-refractivity contribution >= 4 is 15.6 Å². The molecule has 0 saturated heterocycles. The fraction of sp³-hybridized carbons (Fsp3) is 0.571. The fourth-order valence-corrected chi connectivity index (χ4v) is 6.08. The van der Waals surface area contributed by atoms with Crippen LogP contribution in [0.25, 0.3) is 0 Å². The van der Waals surface area contributed by atoms with Gasteiger partial charge in [-0.1, -0.05) is 106 Å². The molecule has 37 heavy (non-hydrogen) atoms. The van der Waals surface area contributed by atoms with E-state index in [-0.39, 0.29) is 33.2 Å². The largest absolute Gasteiger partial charge is 0.596 e. The lowest BCUT2D eigenvalue weighted by molar-refractivity contribution is 0.189. The van der Waals surface area contributed by atoms with E-state index in [1.807, 2.05) is 24.3 Å². The molecular formula is C28H44O7P2. The second kappa shape index (κ2) is 10.9. The molecule has 0 atom stereocenters. The minimum Gasteiger partial charge on any atom is -0.395 e. The monoisotopic (exact) mass is 554 g/mol. The number of phosphoric acid groups is 2. The van der Waals surface area contributed by atoms with E-state index in [0.29, 0.717) is 0 Å². The zero-order chi connectivity index (χ0) is 28.5. The third-order valence-corrected chi connectivity index (χ3v) is 11.5. The highest BCUT2D eigenvalue weighted by Crippen LogP contribution is 2.60. The molecule has 0 fully saturated rings. The van der Waals surface area contributed by atoms with Gasteiger partial charge in [-0.3, -0.25) is 0 Å². The molecule has 9 heteroatoms. The summed E-state index contributed by atoms with van der Waals surface area (Å²) in [5, 5.41) is 0. The fourth-order valence-electron chi connectivity index (χ4n) is 3.97. The van der Waals surface area contributed by atoms with Gasteiger partial charge in [0.25, 0.3) is 0 Å².